The van der Waals surface area contributed by atoms with E-state index in [0.29, 0.717) is 0 Å². The highest BCUT2D eigenvalue weighted by Crippen LogP contribution is 2.25. The van der Waals surface area contributed by atoms with Crippen molar-refractivity contribution in [2.75, 3.05) is 13.6 Å². The van der Waals surface area contributed by atoms with E-state index in [4.69, 9.17) is 0 Å². The Morgan fingerprint density at radius 1 is 1.36 bits per heavy atom. The van der Waals surface area contributed by atoms with E-state index in [2.05, 4.69) is 5.32 Å². The molecule has 1 N–H and O–H groups in total. The number of aryl methyl sites for hydroxylation is 1. The Morgan fingerprint density at radius 3 is 3.00 bits per heavy atom. The highest BCUT2D eigenvalue weighted by Gasteiger charge is 2.12. The van der Waals surface area contributed by atoms with Crippen molar-refractivity contribution in [3.05, 3.63) is 40.7 Å². The molecule has 0 unspecified atom stereocenters. The summed E-state index contributed by atoms with van der Waals surface area (Å²) in [5.74, 6) is -0.101. The standard InChI is InChI=1S/C12H14FN/c1-14-8-9-5-6-10-3-2-4-12(13)11(10)7-9/h2-4,7,14H,5-6,8H2,1H3. The van der Waals surface area contributed by atoms with Crippen molar-refractivity contribution in [2.45, 2.75) is 12.8 Å². The van der Waals surface area contributed by atoms with Crippen molar-refractivity contribution in [1.29, 1.82) is 0 Å². The summed E-state index contributed by atoms with van der Waals surface area (Å²) in [6, 6.07) is 5.31. The average Bonchev–Trinajstić information content (AvgIpc) is 2.20. The van der Waals surface area contributed by atoms with Gasteiger partial charge in [0.1, 0.15) is 5.82 Å². The highest BCUT2D eigenvalue weighted by atomic mass is 19.1. The second-order valence-corrected chi connectivity index (χ2v) is 3.65. The van der Waals surface area contributed by atoms with Gasteiger partial charge in [-0.05, 0) is 31.5 Å². The maximum Gasteiger partial charge on any atom is 0.130 e. The van der Waals surface area contributed by atoms with Gasteiger partial charge in [-0.15, -0.1) is 0 Å². The van der Waals surface area contributed by atoms with Gasteiger partial charge in [0.15, 0.2) is 0 Å². The van der Waals surface area contributed by atoms with E-state index in [9.17, 15) is 4.39 Å². The van der Waals surface area contributed by atoms with Gasteiger partial charge in [0, 0.05) is 12.1 Å². The Bertz CT molecular complexity index is 369. The lowest BCUT2D eigenvalue weighted by Crippen LogP contribution is -2.13. The lowest BCUT2D eigenvalue weighted by Gasteiger charge is -2.16. The van der Waals surface area contributed by atoms with Crippen LogP contribution in [-0.2, 0) is 6.42 Å². The normalized spacial score (nSPS) is 14.9. The number of hydrogen-bond donors (Lipinski definition) is 1. The quantitative estimate of drug-likeness (QED) is 0.756. The fourth-order valence-corrected chi connectivity index (χ4v) is 1.90. The molecule has 0 saturated heterocycles. The van der Waals surface area contributed by atoms with E-state index < -0.39 is 0 Å². The van der Waals surface area contributed by atoms with E-state index in [0.717, 1.165) is 30.5 Å². The molecule has 0 atom stereocenters. The molecule has 0 saturated carbocycles. The molecule has 0 bridgehead atoms. The second kappa shape index (κ2) is 3.93. The van der Waals surface area contributed by atoms with Crippen molar-refractivity contribution in [2.24, 2.45) is 0 Å². The van der Waals surface area contributed by atoms with Crippen LogP contribution in [0.5, 0.6) is 0 Å². The molecule has 14 heavy (non-hydrogen) atoms. The first kappa shape index (κ1) is 9.41. The Labute approximate surface area is 83.6 Å². The third-order valence-corrected chi connectivity index (χ3v) is 2.61. The lowest BCUT2D eigenvalue weighted by atomic mass is 9.92. The lowest BCUT2D eigenvalue weighted by molar-refractivity contribution is 0.620. The Kier molecular flexibility index (Phi) is 2.64. The molecule has 0 amide bonds. The van der Waals surface area contributed by atoms with Gasteiger partial charge in [-0.25, -0.2) is 4.39 Å². The number of fused-ring (bicyclic) bond motifs is 1. The van der Waals surface area contributed by atoms with Crippen LogP contribution in [0.15, 0.2) is 23.8 Å². The molecule has 1 aromatic carbocycles. The van der Waals surface area contributed by atoms with E-state index in [1.807, 2.05) is 19.2 Å². The summed E-state index contributed by atoms with van der Waals surface area (Å²) in [6.07, 6.45) is 3.97. The summed E-state index contributed by atoms with van der Waals surface area (Å²) in [4.78, 5) is 0. The number of halogens is 1. The van der Waals surface area contributed by atoms with Gasteiger partial charge in [0.05, 0.1) is 0 Å². The van der Waals surface area contributed by atoms with Crippen molar-refractivity contribution in [3.8, 4) is 0 Å². The Hall–Kier alpha value is -1.15. The number of benzene rings is 1. The van der Waals surface area contributed by atoms with Gasteiger partial charge in [0.2, 0.25) is 0 Å². The topological polar surface area (TPSA) is 12.0 Å². The Morgan fingerprint density at radius 2 is 2.21 bits per heavy atom. The van der Waals surface area contributed by atoms with Crippen LogP contribution in [0.1, 0.15) is 17.5 Å². The van der Waals surface area contributed by atoms with Crippen LogP contribution in [0.4, 0.5) is 4.39 Å². The zero-order chi connectivity index (χ0) is 9.97. The molecule has 1 aromatic rings. The number of rotatable bonds is 2. The summed E-state index contributed by atoms with van der Waals surface area (Å²) in [5, 5.41) is 3.10. The molecule has 0 spiro atoms. The first-order chi connectivity index (χ1) is 6.81. The monoisotopic (exact) mass is 191 g/mol. The van der Waals surface area contributed by atoms with E-state index >= 15 is 0 Å². The summed E-state index contributed by atoms with van der Waals surface area (Å²) in [7, 11) is 1.91. The highest BCUT2D eigenvalue weighted by molar-refractivity contribution is 5.60. The molecule has 0 heterocycles. The smallest absolute Gasteiger partial charge is 0.130 e. The summed E-state index contributed by atoms with van der Waals surface area (Å²) < 4.78 is 13.4. The summed E-state index contributed by atoms with van der Waals surface area (Å²) in [6.45, 7) is 0.855. The minimum absolute atomic E-state index is 0.101. The molecular weight excluding hydrogens is 177 g/mol. The average molecular weight is 191 g/mol. The first-order valence-corrected chi connectivity index (χ1v) is 4.92. The van der Waals surface area contributed by atoms with Gasteiger partial charge in [-0.2, -0.15) is 0 Å². The maximum atomic E-state index is 13.4. The number of likely N-dealkylation sites (N-methyl/N-ethyl adjacent to an activating group) is 1. The second-order valence-electron chi connectivity index (χ2n) is 3.65. The minimum Gasteiger partial charge on any atom is -0.316 e. The summed E-state index contributed by atoms with van der Waals surface area (Å²) in [5.41, 5.74) is 3.19. The fraction of sp³-hybridized carbons (Fsp3) is 0.333. The molecule has 74 valence electrons. The van der Waals surface area contributed by atoms with Crippen LogP contribution in [-0.4, -0.2) is 13.6 Å². The molecule has 1 aliphatic rings. The molecular formula is C12H14FN. The van der Waals surface area contributed by atoms with Crippen LogP contribution in [0.25, 0.3) is 6.08 Å². The van der Waals surface area contributed by atoms with Gasteiger partial charge >= 0.3 is 0 Å². The Balaban J connectivity index is 2.37. The van der Waals surface area contributed by atoms with Gasteiger partial charge in [0.25, 0.3) is 0 Å². The largest absolute Gasteiger partial charge is 0.316 e. The van der Waals surface area contributed by atoms with Crippen LogP contribution < -0.4 is 5.32 Å². The molecule has 0 aromatic heterocycles. The van der Waals surface area contributed by atoms with Gasteiger partial charge in [-0.1, -0.05) is 23.8 Å². The molecule has 0 radical (unpaired) electrons. The van der Waals surface area contributed by atoms with Crippen LogP contribution >= 0.6 is 0 Å². The zero-order valence-electron chi connectivity index (χ0n) is 8.31. The van der Waals surface area contributed by atoms with Gasteiger partial charge < -0.3 is 5.32 Å². The van der Waals surface area contributed by atoms with Crippen molar-refractivity contribution < 1.29 is 4.39 Å². The third-order valence-electron chi connectivity index (χ3n) is 2.61. The third kappa shape index (κ3) is 1.70. The van der Waals surface area contributed by atoms with E-state index in [1.165, 1.54) is 11.6 Å². The summed E-state index contributed by atoms with van der Waals surface area (Å²) >= 11 is 0. The minimum atomic E-state index is -0.101. The molecule has 2 heteroatoms. The van der Waals surface area contributed by atoms with Crippen molar-refractivity contribution in [3.63, 3.8) is 0 Å². The first-order valence-electron chi connectivity index (χ1n) is 4.92. The molecule has 1 aliphatic carbocycles. The molecule has 0 aliphatic heterocycles. The molecule has 1 nitrogen and oxygen atoms in total. The maximum absolute atomic E-state index is 13.4. The number of nitrogens with one attached hydrogen (secondary N) is 1. The predicted octanol–water partition coefficient (Wildman–Crippen LogP) is 2.37. The number of hydrogen-bond acceptors (Lipinski definition) is 1. The molecule has 2 rings (SSSR count). The molecule has 0 fully saturated rings. The van der Waals surface area contributed by atoms with E-state index in [1.54, 1.807) is 6.07 Å². The zero-order valence-corrected chi connectivity index (χ0v) is 8.31. The van der Waals surface area contributed by atoms with Crippen LogP contribution in [0.3, 0.4) is 0 Å². The fourth-order valence-electron chi connectivity index (χ4n) is 1.90. The van der Waals surface area contributed by atoms with Crippen LogP contribution in [0, 0.1) is 5.82 Å². The SMILES string of the molecule is CNCC1=Cc2c(F)cccc2CC1. The van der Waals surface area contributed by atoms with Crippen molar-refractivity contribution >= 4 is 6.08 Å². The van der Waals surface area contributed by atoms with Crippen LogP contribution in [0.2, 0.25) is 0 Å². The van der Waals surface area contributed by atoms with Crippen molar-refractivity contribution in [1.82, 2.24) is 5.32 Å². The van der Waals surface area contributed by atoms with Gasteiger partial charge in [-0.3, -0.25) is 0 Å². The van der Waals surface area contributed by atoms with E-state index in [-0.39, 0.29) is 5.82 Å². The predicted molar refractivity (Wildman–Crippen MR) is 56.6 cm³/mol.